The minimum Gasteiger partial charge on any atom is -0.481 e. The highest BCUT2D eigenvalue weighted by atomic mass is 16.5. The minimum atomic E-state index is -0.756. The molecule has 1 N–H and O–H groups in total. The van der Waals surface area contributed by atoms with Gasteiger partial charge in [0.15, 0.2) is 0 Å². The van der Waals surface area contributed by atoms with E-state index in [0.717, 1.165) is 25.7 Å². The lowest BCUT2D eigenvalue weighted by atomic mass is 9.97. The standard InChI is InChI=1S/C11H16O3/c1-2-8-14-10-7-5-3-4-6-9(10)11(12)13/h1,9-10H,3-8H2,(H,12,13). The Morgan fingerprint density at radius 3 is 2.79 bits per heavy atom. The van der Waals surface area contributed by atoms with Crippen molar-refractivity contribution in [3.8, 4) is 12.3 Å². The van der Waals surface area contributed by atoms with Gasteiger partial charge in [0, 0.05) is 0 Å². The molecule has 14 heavy (non-hydrogen) atoms. The number of carbonyl (C=O) groups is 1. The van der Waals surface area contributed by atoms with Crippen LogP contribution in [0.25, 0.3) is 0 Å². The molecule has 1 aliphatic carbocycles. The molecule has 3 nitrogen and oxygen atoms in total. The first-order valence-electron chi connectivity index (χ1n) is 5.03. The third-order valence-corrected chi connectivity index (χ3v) is 2.65. The predicted molar refractivity (Wildman–Crippen MR) is 52.8 cm³/mol. The summed E-state index contributed by atoms with van der Waals surface area (Å²) >= 11 is 0. The van der Waals surface area contributed by atoms with Crippen LogP contribution < -0.4 is 0 Å². The Morgan fingerprint density at radius 1 is 1.43 bits per heavy atom. The third-order valence-electron chi connectivity index (χ3n) is 2.65. The molecule has 3 heteroatoms. The molecular weight excluding hydrogens is 180 g/mol. The van der Waals surface area contributed by atoms with E-state index in [9.17, 15) is 4.79 Å². The second-order valence-electron chi connectivity index (χ2n) is 3.64. The first kappa shape index (κ1) is 11.1. The second kappa shape index (κ2) is 5.66. The van der Waals surface area contributed by atoms with Crippen LogP contribution in [0.3, 0.4) is 0 Å². The number of rotatable bonds is 3. The maximum Gasteiger partial charge on any atom is 0.309 e. The summed E-state index contributed by atoms with van der Waals surface area (Å²) in [4.78, 5) is 10.9. The van der Waals surface area contributed by atoms with Crippen LogP contribution in [-0.2, 0) is 9.53 Å². The number of carboxylic acids is 1. The van der Waals surface area contributed by atoms with E-state index < -0.39 is 5.97 Å². The fourth-order valence-electron chi connectivity index (χ4n) is 1.91. The topological polar surface area (TPSA) is 46.5 Å². The molecule has 2 atom stereocenters. The fourth-order valence-corrected chi connectivity index (χ4v) is 1.91. The van der Waals surface area contributed by atoms with Gasteiger partial charge in [-0.3, -0.25) is 4.79 Å². The number of hydrogen-bond acceptors (Lipinski definition) is 2. The van der Waals surface area contributed by atoms with Crippen molar-refractivity contribution >= 4 is 5.97 Å². The maximum absolute atomic E-state index is 10.9. The Bertz CT molecular complexity index is 229. The lowest BCUT2D eigenvalue weighted by Crippen LogP contribution is -2.29. The van der Waals surface area contributed by atoms with Gasteiger partial charge in [-0.2, -0.15) is 0 Å². The molecular formula is C11H16O3. The highest BCUT2D eigenvalue weighted by molar-refractivity contribution is 5.70. The third kappa shape index (κ3) is 3.04. The van der Waals surface area contributed by atoms with Gasteiger partial charge in [-0.1, -0.05) is 25.2 Å². The number of carboxylic acid groups (broad SMARTS) is 1. The van der Waals surface area contributed by atoms with Crippen LogP contribution in [0, 0.1) is 18.3 Å². The number of hydrogen-bond donors (Lipinski definition) is 1. The van der Waals surface area contributed by atoms with Gasteiger partial charge >= 0.3 is 5.97 Å². The maximum atomic E-state index is 10.9. The highest BCUT2D eigenvalue weighted by Crippen LogP contribution is 2.25. The lowest BCUT2D eigenvalue weighted by Gasteiger charge is -2.20. The quantitative estimate of drug-likeness (QED) is 0.551. The average Bonchev–Trinajstić information content (AvgIpc) is 2.39. The Balaban J connectivity index is 2.55. The summed E-state index contributed by atoms with van der Waals surface area (Å²) in [5, 5.41) is 9.00. The molecule has 1 aliphatic rings. The van der Waals surface area contributed by atoms with Gasteiger partial charge < -0.3 is 9.84 Å². The van der Waals surface area contributed by atoms with Crippen molar-refractivity contribution in [3.05, 3.63) is 0 Å². The Kier molecular flexibility index (Phi) is 4.48. The minimum absolute atomic E-state index is 0.189. The van der Waals surface area contributed by atoms with Gasteiger partial charge in [0.1, 0.15) is 6.61 Å². The molecule has 0 bridgehead atoms. The summed E-state index contributed by atoms with van der Waals surface area (Å²) in [5.41, 5.74) is 0. The van der Waals surface area contributed by atoms with Crippen molar-refractivity contribution in [1.82, 2.24) is 0 Å². The number of aliphatic carboxylic acids is 1. The van der Waals surface area contributed by atoms with Gasteiger partial charge in [0.2, 0.25) is 0 Å². The SMILES string of the molecule is C#CCOC1CCCCCC1C(=O)O. The van der Waals surface area contributed by atoms with Crippen molar-refractivity contribution in [1.29, 1.82) is 0 Å². The van der Waals surface area contributed by atoms with Crippen LogP contribution in [0.1, 0.15) is 32.1 Å². The largest absolute Gasteiger partial charge is 0.481 e. The van der Waals surface area contributed by atoms with E-state index in [1.54, 1.807) is 0 Å². The molecule has 1 rings (SSSR count). The molecule has 0 heterocycles. The zero-order chi connectivity index (χ0) is 10.4. The zero-order valence-electron chi connectivity index (χ0n) is 8.24. The summed E-state index contributed by atoms with van der Waals surface area (Å²) < 4.78 is 5.37. The molecule has 0 aromatic carbocycles. The average molecular weight is 196 g/mol. The highest BCUT2D eigenvalue weighted by Gasteiger charge is 2.29. The zero-order valence-corrected chi connectivity index (χ0v) is 8.24. The molecule has 1 saturated carbocycles. The van der Waals surface area contributed by atoms with E-state index in [0.29, 0.717) is 6.42 Å². The summed E-state index contributed by atoms with van der Waals surface area (Å²) in [5.74, 6) is 1.25. The van der Waals surface area contributed by atoms with Gasteiger partial charge in [-0.25, -0.2) is 0 Å². The van der Waals surface area contributed by atoms with Gasteiger partial charge in [-0.15, -0.1) is 6.42 Å². The van der Waals surface area contributed by atoms with Crippen LogP contribution in [-0.4, -0.2) is 23.8 Å². The van der Waals surface area contributed by atoms with E-state index in [4.69, 9.17) is 16.3 Å². The van der Waals surface area contributed by atoms with Crippen molar-refractivity contribution in [2.45, 2.75) is 38.2 Å². The summed E-state index contributed by atoms with van der Waals surface area (Å²) in [6.07, 6.45) is 9.54. The van der Waals surface area contributed by atoms with Crippen LogP contribution in [0.4, 0.5) is 0 Å². The van der Waals surface area contributed by atoms with E-state index in [2.05, 4.69) is 5.92 Å². The second-order valence-corrected chi connectivity index (χ2v) is 3.64. The van der Waals surface area contributed by atoms with Gasteiger partial charge in [0.05, 0.1) is 12.0 Å². The molecule has 0 aromatic rings. The monoisotopic (exact) mass is 196 g/mol. The molecule has 78 valence electrons. The molecule has 0 radical (unpaired) electrons. The van der Waals surface area contributed by atoms with E-state index >= 15 is 0 Å². The normalized spacial score (nSPS) is 27.6. The van der Waals surface area contributed by atoms with Crippen molar-refractivity contribution in [2.24, 2.45) is 5.92 Å². The summed E-state index contributed by atoms with van der Waals surface area (Å²) in [6.45, 7) is 0.217. The van der Waals surface area contributed by atoms with Crippen LogP contribution >= 0.6 is 0 Å². The number of ether oxygens (including phenoxy) is 1. The van der Waals surface area contributed by atoms with Crippen LogP contribution in [0.5, 0.6) is 0 Å². The molecule has 2 unspecified atom stereocenters. The Morgan fingerprint density at radius 2 is 2.14 bits per heavy atom. The van der Waals surface area contributed by atoms with Gasteiger partial charge in [0.25, 0.3) is 0 Å². The Labute approximate surface area is 84.5 Å². The lowest BCUT2D eigenvalue weighted by molar-refractivity contribution is -0.147. The van der Waals surface area contributed by atoms with E-state index in [1.807, 2.05) is 0 Å². The van der Waals surface area contributed by atoms with Crippen LogP contribution in [0.15, 0.2) is 0 Å². The molecule has 0 amide bonds. The van der Waals surface area contributed by atoms with E-state index in [-0.39, 0.29) is 18.6 Å². The predicted octanol–water partition coefficient (Wildman–Crippen LogP) is 1.67. The Hall–Kier alpha value is -1.01. The fraction of sp³-hybridized carbons (Fsp3) is 0.727. The van der Waals surface area contributed by atoms with E-state index in [1.165, 1.54) is 0 Å². The van der Waals surface area contributed by atoms with Crippen molar-refractivity contribution in [2.75, 3.05) is 6.61 Å². The first-order valence-corrected chi connectivity index (χ1v) is 5.03. The smallest absolute Gasteiger partial charge is 0.309 e. The molecule has 0 aliphatic heterocycles. The number of terminal acetylenes is 1. The molecule has 1 fully saturated rings. The molecule has 0 aromatic heterocycles. The van der Waals surface area contributed by atoms with Crippen LogP contribution in [0.2, 0.25) is 0 Å². The van der Waals surface area contributed by atoms with Crippen molar-refractivity contribution in [3.63, 3.8) is 0 Å². The van der Waals surface area contributed by atoms with Crippen molar-refractivity contribution < 1.29 is 14.6 Å². The first-order chi connectivity index (χ1) is 6.75. The summed E-state index contributed by atoms with van der Waals surface area (Å²) in [7, 11) is 0. The summed E-state index contributed by atoms with van der Waals surface area (Å²) in [6, 6.07) is 0. The van der Waals surface area contributed by atoms with Gasteiger partial charge in [-0.05, 0) is 12.8 Å². The molecule has 0 spiro atoms. The molecule has 0 saturated heterocycles.